The molecule has 1 aromatic rings. The maximum atomic E-state index is 5.13. The van der Waals surface area contributed by atoms with Crippen LogP contribution in [0.25, 0.3) is 0 Å². The van der Waals surface area contributed by atoms with Crippen LogP contribution in [-0.4, -0.2) is 11.0 Å². The van der Waals surface area contributed by atoms with Gasteiger partial charge in [0.2, 0.25) is 0 Å². The van der Waals surface area contributed by atoms with Crippen LogP contribution in [0.1, 0.15) is 12.5 Å². The van der Waals surface area contributed by atoms with Crippen LogP contribution in [0.2, 0.25) is 0 Å². The lowest BCUT2D eigenvalue weighted by molar-refractivity contribution is 0.130. The van der Waals surface area contributed by atoms with E-state index in [2.05, 4.69) is 21.1 Å². The van der Waals surface area contributed by atoms with Crippen molar-refractivity contribution in [3.8, 4) is 0 Å². The SMILES string of the molecule is C/C(CBr)=N\OCc1ccccc1. The topological polar surface area (TPSA) is 21.6 Å². The molecule has 0 N–H and O–H groups in total. The molecule has 1 rings (SSSR count). The second kappa shape index (κ2) is 5.75. The molecule has 0 atom stereocenters. The van der Waals surface area contributed by atoms with E-state index in [0.717, 1.165) is 16.6 Å². The number of hydrogen-bond acceptors (Lipinski definition) is 2. The van der Waals surface area contributed by atoms with Gasteiger partial charge in [0.05, 0.1) is 5.71 Å². The maximum Gasteiger partial charge on any atom is 0.142 e. The van der Waals surface area contributed by atoms with E-state index in [0.29, 0.717) is 6.61 Å². The molecule has 0 amide bonds. The van der Waals surface area contributed by atoms with Gasteiger partial charge in [0, 0.05) is 5.33 Å². The summed E-state index contributed by atoms with van der Waals surface area (Å²) in [4.78, 5) is 5.13. The van der Waals surface area contributed by atoms with Crippen molar-refractivity contribution in [3.05, 3.63) is 35.9 Å². The number of benzene rings is 1. The predicted molar refractivity (Wildman–Crippen MR) is 58.1 cm³/mol. The Kier molecular flexibility index (Phi) is 4.54. The summed E-state index contributed by atoms with van der Waals surface area (Å²) in [6, 6.07) is 9.98. The molecule has 0 heterocycles. The molecular formula is C10H12BrNO. The Labute approximate surface area is 86.7 Å². The molecule has 0 aromatic heterocycles. The monoisotopic (exact) mass is 241 g/mol. The van der Waals surface area contributed by atoms with E-state index >= 15 is 0 Å². The van der Waals surface area contributed by atoms with Gasteiger partial charge in [-0.1, -0.05) is 51.4 Å². The third kappa shape index (κ3) is 4.08. The first kappa shape index (κ1) is 10.3. The van der Waals surface area contributed by atoms with Crippen LogP contribution in [0.15, 0.2) is 35.5 Å². The lowest BCUT2D eigenvalue weighted by Gasteiger charge is -1.99. The molecule has 1 aromatic carbocycles. The first-order chi connectivity index (χ1) is 6.33. The fraction of sp³-hybridized carbons (Fsp3) is 0.300. The third-order valence-electron chi connectivity index (χ3n) is 1.49. The van der Waals surface area contributed by atoms with Crippen LogP contribution in [0, 0.1) is 0 Å². The second-order valence-corrected chi connectivity index (χ2v) is 3.28. The van der Waals surface area contributed by atoms with Gasteiger partial charge in [0.25, 0.3) is 0 Å². The number of hydrogen-bond donors (Lipinski definition) is 0. The van der Waals surface area contributed by atoms with Crippen LogP contribution in [0.4, 0.5) is 0 Å². The quantitative estimate of drug-likeness (QED) is 0.452. The average molecular weight is 242 g/mol. The number of oxime groups is 1. The van der Waals surface area contributed by atoms with Gasteiger partial charge in [0.15, 0.2) is 0 Å². The van der Waals surface area contributed by atoms with Gasteiger partial charge in [-0.05, 0) is 12.5 Å². The number of halogens is 1. The lowest BCUT2D eigenvalue weighted by atomic mass is 10.2. The minimum absolute atomic E-state index is 0.533. The Hall–Kier alpha value is -0.830. The van der Waals surface area contributed by atoms with E-state index in [1.807, 2.05) is 37.3 Å². The second-order valence-electron chi connectivity index (χ2n) is 2.72. The minimum Gasteiger partial charge on any atom is -0.391 e. The Morgan fingerprint density at radius 2 is 2.08 bits per heavy atom. The smallest absolute Gasteiger partial charge is 0.142 e. The molecule has 13 heavy (non-hydrogen) atoms. The van der Waals surface area contributed by atoms with Crippen molar-refractivity contribution in [1.29, 1.82) is 0 Å². The van der Waals surface area contributed by atoms with Gasteiger partial charge in [-0.15, -0.1) is 0 Å². The summed E-state index contributed by atoms with van der Waals surface area (Å²) in [6.45, 7) is 2.45. The summed E-state index contributed by atoms with van der Waals surface area (Å²) in [5.41, 5.74) is 2.07. The molecule has 0 spiro atoms. The minimum atomic E-state index is 0.533. The van der Waals surface area contributed by atoms with Gasteiger partial charge in [-0.2, -0.15) is 0 Å². The third-order valence-corrected chi connectivity index (χ3v) is 2.30. The zero-order valence-corrected chi connectivity index (χ0v) is 9.12. The van der Waals surface area contributed by atoms with Gasteiger partial charge in [-0.25, -0.2) is 0 Å². The normalized spacial score (nSPS) is 11.4. The molecule has 0 aliphatic rings. The van der Waals surface area contributed by atoms with Gasteiger partial charge in [0.1, 0.15) is 6.61 Å². The van der Waals surface area contributed by atoms with E-state index in [-0.39, 0.29) is 0 Å². The summed E-state index contributed by atoms with van der Waals surface area (Å²) in [6.07, 6.45) is 0. The fourth-order valence-corrected chi connectivity index (χ4v) is 0.918. The highest BCUT2D eigenvalue weighted by molar-refractivity contribution is 9.09. The largest absolute Gasteiger partial charge is 0.391 e. The summed E-state index contributed by atoms with van der Waals surface area (Å²) in [5.74, 6) is 0. The number of nitrogens with zero attached hydrogens (tertiary/aromatic N) is 1. The molecule has 0 radical (unpaired) electrons. The first-order valence-electron chi connectivity index (χ1n) is 4.08. The molecule has 0 saturated carbocycles. The van der Waals surface area contributed by atoms with E-state index in [1.54, 1.807) is 0 Å². The molecule has 0 aliphatic carbocycles. The van der Waals surface area contributed by atoms with Crippen molar-refractivity contribution < 1.29 is 4.84 Å². The summed E-state index contributed by atoms with van der Waals surface area (Å²) in [5, 5.41) is 4.66. The highest BCUT2D eigenvalue weighted by Crippen LogP contribution is 2.00. The van der Waals surface area contributed by atoms with Crippen LogP contribution < -0.4 is 0 Å². The van der Waals surface area contributed by atoms with Crippen molar-refractivity contribution in [1.82, 2.24) is 0 Å². The Bertz CT molecular complexity index is 272. The molecule has 0 unspecified atom stereocenters. The lowest BCUT2D eigenvalue weighted by Crippen LogP contribution is -1.94. The van der Waals surface area contributed by atoms with Crippen molar-refractivity contribution in [2.24, 2.45) is 5.16 Å². The van der Waals surface area contributed by atoms with Gasteiger partial charge < -0.3 is 4.84 Å². The molecule has 2 nitrogen and oxygen atoms in total. The van der Waals surface area contributed by atoms with Crippen LogP contribution in [0.3, 0.4) is 0 Å². The molecule has 0 saturated heterocycles. The first-order valence-corrected chi connectivity index (χ1v) is 5.20. The molecule has 0 aliphatic heterocycles. The molecule has 70 valence electrons. The van der Waals surface area contributed by atoms with E-state index < -0.39 is 0 Å². The van der Waals surface area contributed by atoms with Crippen molar-refractivity contribution in [2.45, 2.75) is 13.5 Å². The summed E-state index contributed by atoms with van der Waals surface area (Å²) < 4.78 is 0. The number of alkyl halides is 1. The van der Waals surface area contributed by atoms with E-state index in [9.17, 15) is 0 Å². The highest BCUT2D eigenvalue weighted by Gasteiger charge is 1.90. The Balaban J connectivity index is 2.36. The van der Waals surface area contributed by atoms with Crippen LogP contribution in [0.5, 0.6) is 0 Å². The van der Waals surface area contributed by atoms with Crippen molar-refractivity contribution >= 4 is 21.6 Å². The van der Waals surface area contributed by atoms with Gasteiger partial charge in [-0.3, -0.25) is 0 Å². The predicted octanol–water partition coefficient (Wildman–Crippen LogP) is 2.97. The van der Waals surface area contributed by atoms with Crippen molar-refractivity contribution in [3.63, 3.8) is 0 Å². The zero-order valence-electron chi connectivity index (χ0n) is 7.53. The molecule has 0 fully saturated rings. The molecule has 0 bridgehead atoms. The summed E-state index contributed by atoms with van der Waals surface area (Å²) >= 11 is 3.29. The molecule has 3 heteroatoms. The Morgan fingerprint density at radius 3 is 2.69 bits per heavy atom. The van der Waals surface area contributed by atoms with E-state index in [1.165, 1.54) is 0 Å². The standard InChI is InChI=1S/C10H12BrNO/c1-9(7-11)12-13-8-10-5-3-2-4-6-10/h2-6H,7-8H2,1H3/b12-9+. The van der Waals surface area contributed by atoms with Crippen LogP contribution >= 0.6 is 15.9 Å². The molecular weight excluding hydrogens is 230 g/mol. The zero-order chi connectivity index (χ0) is 9.52. The average Bonchev–Trinajstić information content (AvgIpc) is 2.19. The summed E-state index contributed by atoms with van der Waals surface area (Å²) in [7, 11) is 0. The maximum absolute atomic E-state index is 5.13. The van der Waals surface area contributed by atoms with E-state index in [4.69, 9.17) is 4.84 Å². The highest BCUT2D eigenvalue weighted by atomic mass is 79.9. The van der Waals surface area contributed by atoms with Crippen molar-refractivity contribution in [2.75, 3.05) is 5.33 Å². The van der Waals surface area contributed by atoms with Gasteiger partial charge >= 0.3 is 0 Å². The number of rotatable bonds is 4. The fourth-order valence-electron chi connectivity index (χ4n) is 0.816. The van der Waals surface area contributed by atoms with Crippen LogP contribution in [-0.2, 0) is 11.4 Å². The Morgan fingerprint density at radius 1 is 1.38 bits per heavy atom.